The molecule has 27 heavy (non-hydrogen) atoms. The second-order valence-corrected chi connectivity index (χ2v) is 8.94. The molecule has 140 valence electrons. The van der Waals surface area contributed by atoms with Gasteiger partial charge in [0.2, 0.25) is 0 Å². The number of benzene rings is 1. The van der Waals surface area contributed by atoms with Crippen molar-refractivity contribution in [1.82, 2.24) is 9.97 Å². The topological polar surface area (TPSA) is 80.9 Å². The first-order chi connectivity index (χ1) is 12.8. The predicted octanol–water partition coefficient (Wildman–Crippen LogP) is 4.29. The Morgan fingerprint density at radius 1 is 1.26 bits per heavy atom. The van der Waals surface area contributed by atoms with E-state index >= 15 is 0 Å². The lowest BCUT2D eigenvalue weighted by Crippen LogP contribution is -2.34. The van der Waals surface area contributed by atoms with Gasteiger partial charge < -0.3 is 11.1 Å². The maximum atomic E-state index is 13.2. The van der Waals surface area contributed by atoms with Crippen LogP contribution in [0.3, 0.4) is 0 Å². The van der Waals surface area contributed by atoms with Crippen LogP contribution in [0.2, 0.25) is 0 Å². The lowest BCUT2D eigenvalue weighted by Gasteiger charge is -2.39. The number of carbonyl (C=O) groups excluding carboxylic acids is 1. The molecule has 1 aromatic carbocycles. The molecule has 0 saturated heterocycles. The van der Waals surface area contributed by atoms with E-state index in [1.54, 1.807) is 0 Å². The van der Waals surface area contributed by atoms with Gasteiger partial charge in [0.25, 0.3) is 0 Å². The molecule has 3 N–H and O–H groups in total. The third-order valence-corrected chi connectivity index (χ3v) is 5.83. The van der Waals surface area contributed by atoms with Gasteiger partial charge in [0, 0.05) is 29.2 Å². The van der Waals surface area contributed by atoms with Crippen LogP contribution < -0.4 is 11.1 Å². The van der Waals surface area contributed by atoms with Crippen molar-refractivity contribution >= 4 is 29.2 Å². The Morgan fingerprint density at radius 2 is 2.04 bits per heavy atom. The van der Waals surface area contributed by atoms with E-state index in [0.29, 0.717) is 17.4 Å². The fourth-order valence-corrected chi connectivity index (χ4v) is 4.56. The molecule has 0 amide bonds. The van der Waals surface area contributed by atoms with Gasteiger partial charge in [-0.05, 0) is 30.6 Å². The molecule has 6 heteroatoms. The summed E-state index contributed by atoms with van der Waals surface area (Å²) in [6.07, 6.45) is 3.28. The van der Waals surface area contributed by atoms with Gasteiger partial charge in [-0.2, -0.15) is 0 Å². The van der Waals surface area contributed by atoms with Crippen molar-refractivity contribution in [3.05, 3.63) is 52.2 Å². The van der Waals surface area contributed by atoms with Crippen molar-refractivity contribution in [2.24, 2.45) is 5.41 Å². The number of nitrogens with one attached hydrogen (secondary N) is 1. The Bertz CT molecular complexity index is 980. The van der Waals surface area contributed by atoms with E-state index in [9.17, 15) is 4.79 Å². The van der Waals surface area contributed by atoms with Crippen LogP contribution in [0.15, 0.2) is 40.7 Å². The maximum Gasteiger partial charge on any atom is 0.191 e. The molecule has 0 spiro atoms. The molecular weight excluding hydrogens is 356 g/mol. The van der Waals surface area contributed by atoms with Crippen LogP contribution in [0.1, 0.15) is 49.3 Å². The number of aromatic nitrogens is 2. The Labute approximate surface area is 163 Å². The molecule has 2 aliphatic rings. The summed E-state index contributed by atoms with van der Waals surface area (Å²) in [6.45, 7) is 6.33. The maximum absolute atomic E-state index is 13.2. The Morgan fingerprint density at radius 3 is 2.74 bits per heavy atom. The summed E-state index contributed by atoms with van der Waals surface area (Å²) in [6, 6.07) is 8.27. The molecule has 4 rings (SSSR count). The SMILES string of the molecule is CSc1nc(N)c2c(n1)NC1=C(C(=O)CC(C)(C)C1)C2c1cccc(C)c1. The van der Waals surface area contributed by atoms with E-state index in [0.717, 1.165) is 40.2 Å². The van der Waals surface area contributed by atoms with Crippen LogP contribution in [0.4, 0.5) is 11.6 Å². The van der Waals surface area contributed by atoms with E-state index in [1.807, 2.05) is 12.3 Å². The van der Waals surface area contributed by atoms with Gasteiger partial charge in [-0.1, -0.05) is 55.4 Å². The van der Waals surface area contributed by atoms with Gasteiger partial charge in [0.05, 0.1) is 0 Å². The molecule has 0 bridgehead atoms. The van der Waals surface area contributed by atoms with Crippen molar-refractivity contribution in [2.45, 2.75) is 44.7 Å². The number of nitrogens with two attached hydrogens (primary N) is 1. The van der Waals surface area contributed by atoms with Crippen molar-refractivity contribution in [2.75, 3.05) is 17.3 Å². The number of hydrogen-bond donors (Lipinski definition) is 2. The summed E-state index contributed by atoms with van der Waals surface area (Å²) in [5.74, 6) is 1.12. The first-order valence-corrected chi connectivity index (χ1v) is 10.3. The molecule has 5 nitrogen and oxygen atoms in total. The van der Waals surface area contributed by atoms with Crippen molar-refractivity contribution < 1.29 is 4.79 Å². The number of hydrogen-bond acceptors (Lipinski definition) is 6. The number of thioether (sulfide) groups is 1. The first-order valence-electron chi connectivity index (χ1n) is 9.10. The molecule has 0 saturated carbocycles. The Balaban J connectivity index is 1.98. The van der Waals surface area contributed by atoms with Crippen LogP contribution in [0.25, 0.3) is 0 Å². The standard InChI is InChI=1S/C21H24N4OS/c1-11-6-5-7-12(8-11)15-16-13(9-21(2,3)10-14(16)26)23-19-17(15)18(22)24-20(25-19)27-4/h5-8,15H,9-10H2,1-4H3,(H3,22,23,24,25). The molecule has 1 unspecified atom stereocenters. The van der Waals surface area contributed by atoms with E-state index in [2.05, 4.69) is 54.3 Å². The van der Waals surface area contributed by atoms with Crippen LogP contribution in [-0.4, -0.2) is 22.0 Å². The molecule has 1 aromatic heterocycles. The highest BCUT2D eigenvalue weighted by Gasteiger charge is 2.42. The third kappa shape index (κ3) is 3.12. The van der Waals surface area contributed by atoms with Crippen LogP contribution >= 0.6 is 11.8 Å². The highest BCUT2D eigenvalue weighted by Crippen LogP contribution is 2.50. The van der Waals surface area contributed by atoms with E-state index in [-0.39, 0.29) is 17.1 Å². The minimum absolute atomic E-state index is 0.0709. The summed E-state index contributed by atoms with van der Waals surface area (Å²) in [7, 11) is 0. The number of nitrogen functional groups attached to an aromatic ring is 1. The van der Waals surface area contributed by atoms with E-state index < -0.39 is 0 Å². The van der Waals surface area contributed by atoms with Gasteiger partial charge in [-0.25, -0.2) is 9.97 Å². The molecule has 2 heterocycles. The van der Waals surface area contributed by atoms with Gasteiger partial charge in [0.1, 0.15) is 11.6 Å². The number of aryl methyl sites for hydroxylation is 1. The van der Waals surface area contributed by atoms with Gasteiger partial charge in [-0.15, -0.1) is 0 Å². The van der Waals surface area contributed by atoms with Crippen molar-refractivity contribution in [3.8, 4) is 0 Å². The van der Waals surface area contributed by atoms with Gasteiger partial charge in [0.15, 0.2) is 10.9 Å². The first kappa shape index (κ1) is 18.0. The lowest BCUT2D eigenvalue weighted by atomic mass is 9.69. The average Bonchev–Trinajstić information content (AvgIpc) is 2.58. The fourth-order valence-electron chi connectivity index (χ4n) is 4.19. The number of fused-ring (bicyclic) bond motifs is 1. The highest BCUT2D eigenvalue weighted by atomic mass is 32.2. The zero-order valence-corrected chi connectivity index (χ0v) is 16.9. The molecule has 0 radical (unpaired) electrons. The zero-order valence-electron chi connectivity index (χ0n) is 16.1. The van der Waals surface area contributed by atoms with Gasteiger partial charge >= 0.3 is 0 Å². The summed E-state index contributed by atoms with van der Waals surface area (Å²) in [4.78, 5) is 22.3. The monoisotopic (exact) mass is 380 g/mol. The second-order valence-electron chi connectivity index (χ2n) is 8.16. The largest absolute Gasteiger partial charge is 0.383 e. The van der Waals surface area contributed by atoms with E-state index in [4.69, 9.17) is 5.73 Å². The van der Waals surface area contributed by atoms with Gasteiger partial charge in [-0.3, -0.25) is 4.79 Å². The normalized spacial score (nSPS) is 20.7. The molecule has 1 aliphatic carbocycles. The number of Topliss-reactive ketones (excluding diaryl/α,β-unsaturated/α-hetero) is 1. The lowest BCUT2D eigenvalue weighted by molar-refractivity contribution is -0.118. The molecule has 2 aromatic rings. The zero-order chi connectivity index (χ0) is 19.3. The minimum Gasteiger partial charge on any atom is -0.383 e. The Hall–Kier alpha value is -2.34. The number of rotatable bonds is 2. The number of ketones is 1. The fraction of sp³-hybridized carbons (Fsp3) is 0.381. The van der Waals surface area contributed by atoms with E-state index in [1.165, 1.54) is 11.8 Å². The number of nitrogens with zero attached hydrogens (tertiary/aromatic N) is 2. The summed E-state index contributed by atoms with van der Waals surface area (Å²) in [5, 5.41) is 4.06. The highest BCUT2D eigenvalue weighted by molar-refractivity contribution is 7.98. The summed E-state index contributed by atoms with van der Waals surface area (Å²) in [5.41, 5.74) is 11.1. The third-order valence-electron chi connectivity index (χ3n) is 5.28. The molecule has 0 fully saturated rings. The number of carbonyl (C=O) groups is 1. The molecule has 1 atom stereocenters. The van der Waals surface area contributed by atoms with Crippen LogP contribution in [0.5, 0.6) is 0 Å². The smallest absolute Gasteiger partial charge is 0.191 e. The van der Waals surface area contributed by atoms with Crippen molar-refractivity contribution in [3.63, 3.8) is 0 Å². The molecular formula is C21H24N4OS. The van der Waals surface area contributed by atoms with Crippen LogP contribution in [-0.2, 0) is 4.79 Å². The van der Waals surface area contributed by atoms with Crippen LogP contribution in [0, 0.1) is 12.3 Å². The quantitative estimate of drug-likeness (QED) is 0.597. The summed E-state index contributed by atoms with van der Waals surface area (Å²) >= 11 is 1.46. The average molecular weight is 381 g/mol. The second kappa shape index (κ2) is 6.37. The predicted molar refractivity (Wildman–Crippen MR) is 110 cm³/mol. The minimum atomic E-state index is -0.226. The van der Waals surface area contributed by atoms with Crippen molar-refractivity contribution in [1.29, 1.82) is 0 Å². The number of anilines is 2. The number of allylic oxidation sites excluding steroid dienone is 2. The molecule has 1 aliphatic heterocycles. The Kier molecular flexibility index (Phi) is 4.26. The summed E-state index contributed by atoms with van der Waals surface area (Å²) < 4.78 is 0.